The molecular formula is C14H9Cl2N3O2. The summed E-state index contributed by atoms with van der Waals surface area (Å²) in [5.41, 5.74) is 1.96. The number of fused-ring (bicyclic) bond motifs is 1. The Morgan fingerprint density at radius 1 is 1.24 bits per heavy atom. The van der Waals surface area contributed by atoms with E-state index < -0.39 is 5.97 Å². The molecule has 0 bridgehead atoms. The first-order valence-electron chi connectivity index (χ1n) is 6.00. The first-order valence-corrected chi connectivity index (χ1v) is 6.75. The van der Waals surface area contributed by atoms with Crippen molar-refractivity contribution in [1.82, 2.24) is 14.8 Å². The molecule has 0 aliphatic heterocycles. The van der Waals surface area contributed by atoms with E-state index in [0.29, 0.717) is 26.9 Å². The molecule has 2 heterocycles. The number of nitrogens with zero attached hydrogens (tertiary/aromatic N) is 3. The molecule has 21 heavy (non-hydrogen) atoms. The van der Waals surface area contributed by atoms with E-state index in [1.807, 2.05) is 0 Å². The fraction of sp³-hybridized carbons (Fsp3) is 0.0714. The lowest BCUT2D eigenvalue weighted by molar-refractivity contribution is 0.0689. The van der Waals surface area contributed by atoms with Crippen molar-refractivity contribution in [2.75, 3.05) is 0 Å². The molecule has 0 fully saturated rings. The number of pyridine rings is 1. The van der Waals surface area contributed by atoms with Crippen LogP contribution in [-0.4, -0.2) is 25.8 Å². The van der Waals surface area contributed by atoms with Crippen molar-refractivity contribution < 1.29 is 9.90 Å². The van der Waals surface area contributed by atoms with E-state index in [4.69, 9.17) is 28.3 Å². The molecule has 0 atom stereocenters. The molecule has 1 aromatic carbocycles. The van der Waals surface area contributed by atoms with Crippen LogP contribution in [0.5, 0.6) is 0 Å². The van der Waals surface area contributed by atoms with E-state index in [-0.39, 0.29) is 5.69 Å². The van der Waals surface area contributed by atoms with Crippen molar-refractivity contribution in [2.24, 2.45) is 7.05 Å². The first-order chi connectivity index (χ1) is 9.97. The van der Waals surface area contributed by atoms with Gasteiger partial charge >= 0.3 is 5.97 Å². The van der Waals surface area contributed by atoms with Crippen LogP contribution in [0, 0.1) is 0 Å². The highest BCUT2D eigenvalue weighted by molar-refractivity contribution is 6.38. The number of hydrogen-bond acceptors (Lipinski definition) is 3. The van der Waals surface area contributed by atoms with Gasteiger partial charge in [0.2, 0.25) is 0 Å². The standard InChI is InChI=1S/C14H9Cl2N3O2/c1-19-11(6-10(18-19)14(20)21)8-2-4-9-7(13(8)16)3-5-12(15)17-9/h2-6H,1H3,(H,20,21). The molecule has 2 aromatic heterocycles. The van der Waals surface area contributed by atoms with Gasteiger partial charge < -0.3 is 5.11 Å². The number of aromatic nitrogens is 3. The van der Waals surface area contributed by atoms with Crippen LogP contribution in [-0.2, 0) is 7.05 Å². The average Bonchev–Trinajstić information content (AvgIpc) is 2.81. The van der Waals surface area contributed by atoms with Crippen LogP contribution in [0.25, 0.3) is 22.2 Å². The van der Waals surface area contributed by atoms with Gasteiger partial charge in [-0.15, -0.1) is 0 Å². The molecule has 0 aliphatic rings. The molecule has 0 unspecified atom stereocenters. The van der Waals surface area contributed by atoms with Crippen LogP contribution in [0.3, 0.4) is 0 Å². The zero-order valence-corrected chi connectivity index (χ0v) is 12.4. The molecule has 0 saturated heterocycles. The van der Waals surface area contributed by atoms with E-state index >= 15 is 0 Å². The Morgan fingerprint density at radius 2 is 2.00 bits per heavy atom. The summed E-state index contributed by atoms with van der Waals surface area (Å²) in [7, 11) is 1.67. The minimum absolute atomic E-state index is 0.0297. The van der Waals surface area contributed by atoms with Gasteiger partial charge in [-0.05, 0) is 30.3 Å². The summed E-state index contributed by atoms with van der Waals surface area (Å²) in [6.07, 6.45) is 0. The van der Waals surface area contributed by atoms with Gasteiger partial charge in [-0.1, -0.05) is 23.2 Å². The number of carbonyl (C=O) groups is 1. The van der Waals surface area contributed by atoms with Crippen molar-refractivity contribution in [3.8, 4) is 11.3 Å². The van der Waals surface area contributed by atoms with Gasteiger partial charge in [0.15, 0.2) is 5.69 Å². The maximum Gasteiger partial charge on any atom is 0.356 e. The van der Waals surface area contributed by atoms with Crippen LogP contribution in [0.2, 0.25) is 10.2 Å². The van der Waals surface area contributed by atoms with Gasteiger partial charge in [-0.3, -0.25) is 4.68 Å². The third-order valence-corrected chi connectivity index (χ3v) is 3.76. The van der Waals surface area contributed by atoms with E-state index in [1.165, 1.54) is 10.7 Å². The minimum Gasteiger partial charge on any atom is -0.476 e. The molecule has 7 heteroatoms. The number of aromatic carboxylic acids is 1. The molecule has 0 saturated carbocycles. The van der Waals surface area contributed by atoms with Crippen molar-refractivity contribution in [3.63, 3.8) is 0 Å². The summed E-state index contributed by atoms with van der Waals surface area (Å²) < 4.78 is 1.49. The Kier molecular flexibility index (Phi) is 3.31. The van der Waals surface area contributed by atoms with Gasteiger partial charge in [0, 0.05) is 18.0 Å². The van der Waals surface area contributed by atoms with Gasteiger partial charge in [0.1, 0.15) is 5.15 Å². The van der Waals surface area contributed by atoms with Crippen LogP contribution in [0.15, 0.2) is 30.3 Å². The summed E-state index contributed by atoms with van der Waals surface area (Å²) >= 11 is 12.3. The predicted molar refractivity (Wildman–Crippen MR) is 80.9 cm³/mol. The summed E-state index contributed by atoms with van der Waals surface area (Å²) in [5.74, 6) is -1.08. The van der Waals surface area contributed by atoms with Gasteiger partial charge in [0.25, 0.3) is 0 Å². The summed E-state index contributed by atoms with van der Waals surface area (Å²) in [5, 5.41) is 14.6. The van der Waals surface area contributed by atoms with Crippen molar-refractivity contribution >= 4 is 40.1 Å². The second kappa shape index (κ2) is 5.02. The molecule has 1 N–H and O–H groups in total. The van der Waals surface area contributed by atoms with E-state index in [9.17, 15) is 4.79 Å². The summed E-state index contributed by atoms with van der Waals surface area (Å²) in [4.78, 5) is 15.2. The Morgan fingerprint density at radius 3 is 2.67 bits per heavy atom. The fourth-order valence-corrected chi connectivity index (χ4v) is 2.64. The number of hydrogen-bond donors (Lipinski definition) is 1. The number of rotatable bonds is 2. The van der Waals surface area contributed by atoms with Crippen molar-refractivity contribution in [2.45, 2.75) is 0 Å². The first kappa shape index (κ1) is 13.9. The van der Waals surface area contributed by atoms with Gasteiger partial charge in [0.05, 0.1) is 16.2 Å². The van der Waals surface area contributed by atoms with Crippen molar-refractivity contribution in [3.05, 3.63) is 46.2 Å². The lowest BCUT2D eigenvalue weighted by atomic mass is 10.1. The zero-order valence-electron chi connectivity index (χ0n) is 10.8. The second-order valence-electron chi connectivity index (χ2n) is 4.47. The Labute approximate surface area is 129 Å². The Hall–Kier alpha value is -2.11. The fourth-order valence-electron chi connectivity index (χ4n) is 2.16. The third kappa shape index (κ3) is 2.34. The van der Waals surface area contributed by atoms with Gasteiger partial charge in [-0.2, -0.15) is 5.10 Å². The molecule has 0 radical (unpaired) electrons. The smallest absolute Gasteiger partial charge is 0.356 e. The van der Waals surface area contributed by atoms with Crippen LogP contribution in [0.1, 0.15) is 10.5 Å². The van der Waals surface area contributed by atoms with E-state index in [2.05, 4.69) is 10.1 Å². The number of aryl methyl sites for hydroxylation is 1. The molecule has 3 aromatic rings. The molecular weight excluding hydrogens is 313 g/mol. The highest BCUT2D eigenvalue weighted by atomic mass is 35.5. The topological polar surface area (TPSA) is 68.0 Å². The molecule has 0 spiro atoms. The molecule has 106 valence electrons. The number of carboxylic acids is 1. The predicted octanol–water partition coefficient (Wildman–Crippen LogP) is 3.64. The van der Waals surface area contributed by atoms with Crippen molar-refractivity contribution in [1.29, 1.82) is 0 Å². The van der Waals surface area contributed by atoms with Gasteiger partial charge in [-0.25, -0.2) is 9.78 Å². The molecule has 3 rings (SSSR count). The maximum absolute atomic E-state index is 11.0. The lowest BCUT2D eigenvalue weighted by Crippen LogP contribution is -1.99. The molecule has 0 amide bonds. The van der Waals surface area contributed by atoms with Crippen LogP contribution in [0.4, 0.5) is 0 Å². The SMILES string of the molecule is Cn1nc(C(=O)O)cc1-c1ccc2nc(Cl)ccc2c1Cl. The monoisotopic (exact) mass is 321 g/mol. The largest absolute Gasteiger partial charge is 0.476 e. The summed E-state index contributed by atoms with van der Waals surface area (Å²) in [6.45, 7) is 0. The maximum atomic E-state index is 11.0. The lowest BCUT2D eigenvalue weighted by Gasteiger charge is -2.07. The van der Waals surface area contributed by atoms with E-state index in [1.54, 1.807) is 31.3 Å². The molecule has 0 aliphatic carbocycles. The quantitative estimate of drug-likeness (QED) is 0.732. The highest BCUT2D eigenvalue weighted by Gasteiger charge is 2.16. The van der Waals surface area contributed by atoms with E-state index in [0.717, 1.165) is 5.39 Å². The summed E-state index contributed by atoms with van der Waals surface area (Å²) in [6, 6.07) is 8.49. The number of halogens is 2. The third-order valence-electron chi connectivity index (χ3n) is 3.15. The normalized spacial score (nSPS) is 11.0. The zero-order chi connectivity index (χ0) is 15.1. The Balaban J connectivity index is 2.23. The average molecular weight is 322 g/mol. The minimum atomic E-state index is -1.08. The number of benzene rings is 1. The van der Waals surface area contributed by atoms with Crippen LogP contribution < -0.4 is 0 Å². The highest BCUT2D eigenvalue weighted by Crippen LogP contribution is 2.34. The second-order valence-corrected chi connectivity index (χ2v) is 5.24. The van der Waals surface area contributed by atoms with Crippen LogP contribution >= 0.6 is 23.2 Å². The number of carboxylic acid groups (broad SMARTS) is 1. The molecule has 5 nitrogen and oxygen atoms in total. The Bertz CT molecular complexity index is 874.